The van der Waals surface area contributed by atoms with E-state index in [0.717, 1.165) is 21.8 Å². The van der Waals surface area contributed by atoms with Gasteiger partial charge in [-0.25, -0.2) is 9.97 Å². The summed E-state index contributed by atoms with van der Waals surface area (Å²) in [7, 11) is 0. The molecule has 20 heavy (non-hydrogen) atoms. The van der Waals surface area contributed by atoms with Gasteiger partial charge in [0.2, 0.25) is 5.91 Å². The van der Waals surface area contributed by atoms with Crippen LogP contribution in [0.4, 0.5) is 5.82 Å². The maximum atomic E-state index is 12.0. The van der Waals surface area contributed by atoms with Crippen LogP contribution in [0.25, 0.3) is 0 Å². The number of nitrogens with one attached hydrogen (secondary N) is 1. The molecule has 0 bridgehead atoms. The minimum absolute atomic E-state index is 0.0395. The predicted molar refractivity (Wildman–Crippen MR) is 77.5 cm³/mol. The lowest BCUT2D eigenvalue weighted by Gasteiger charge is -2.52. The second-order valence-corrected chi connectivity index (χ2v) is 6.49. The molecule has 2 aliphatic heterocycles. The average Bonchev–Trinajstić information content (AvgIpc) is 2.34. The first-order valence-electron chi connectivity index (χ1n) is 6.63. The van der Waals surface area contributed by atoms with Crippen LogP contribution < -0.4 is 10.2 Å². The van der Waals surface area contributed by atoms with E-state index in [1.807, 2.05) is 13.8 Å². The van der Waals surface area contributed by atoms with E-state index in [1.165, 1.54) is 0 Å². The number of aliphatic hydroxyl groups excluding tert-OH is 1. The number of carbonyl (C=O) groups excluding carboxylic acids is 1. The predicted octanol–water partition coefficient (Wildman–Crippen LogP) is 0.543. The summed E-state index contributed by atoms with van der Waals surface area (Å²) in [4.78, 5) is 22.9. The normalized spacial score (nSPS) is 24.5. The van der Waals surface area contributed by atoms with Gasteiger partial charge < -0.3 is 15.3 Å². The van der Waals surface area contributed by atoms with Gasteiger partial charge in [0.15, 0.2) is 0 Å². The Labute approximate surface area is 125 Å². The highest BCUT2D eigenvalue weighted by Crippen LogP contribution is 2.41. The molecule has 1 aromatic heterocycles. The number of amides is 1. The van der Waals surface area contributed by atoms with Crippen molar-refractivity contribution in [1.82, 2.24) is 15.3 Å². The van der Waals surface area contributed by atoms with Crippen LogP contribution in [0.5, 0.6) is 0 Å². The lowest BCUT2D eigenvalue weighted by atomic mass is 9.72. The molecular weight excluding hydrogens is 324 g/mol. The van der Waals surface area contributed by atoms with E-state index in [0.29, 0.717) is 26.1 Å². The summed E-state index contributed by atoms with van der Waals surface area (Å²) in [6.45, 7) is 5.31. The maximum Gasteiger partial charge on any atom is 0.230 e. The third-order valence-corrected chi connectivity index (χ3v) is 4.93. The number of hydrogen-bond donors (Lipinski definition) is 2. The Kier molecular flexibility index (Phi) is 3.21. The van der Waals surface area contributed by atoms with Crippen LogP contribution in [0.3, 0.4) is 0 Å². The van der Waals surface area contributed by atoms with Crippen molar-refractivity contribution in [3.63, 3.8) is 0 Å². The van der Waals surface area contributed by atoms with Crippen molar-refractivity contribution in [2.45, 2.75) is 26.4 Å². The molecule has 0 saturated carbocycles. The van der Waals surface area contributed by atoms with E-state index in [-0.39, 0.29) is 5.91 Å². The summed E-state index contributed by atoms with van der Waals surface area (Å²) < 4.78 is 0.870. The summed E-state index contributed by atoms with van der Waals surface area (Å²) in [5.41, 5.74) is 0.422. The Balaban J connectivity index is 1.82. The van der Waals surface area contributed by atoms with Crippen LogP contribution in [0.2, 0.25) is 0 Å². The van der Waals surface area contributed by atoms with Crippen LogP contribution in [0, 0.1) is 19.3 Å². The van der Waals surface area contributed by atoms with Gasteiger partial charge >= 0.3 is 0 Å². The number of halogens is 1. The molecule has 108 valence electrons. The van der Waals surface area contributed by atoms with Gasteiger partial charge in [-0.15, -0.1) is 0 Å². The molecule has 1 amide bonds. The number of aromatic nitrogens is 2. The van der Waals surface area contributed by atoms with Gasteiger partial charge in [-0.3, -0.25) is 4.79 Å². The van der Waals surface area contributed by atoms with E-state index >= 15 is 0 Å². The van der Waals surface area contributed by atoms with Crippen LogP contribution in [-0.4, -0.2) is 46.7 Å². The average molecular weight is 341 g/mol. The number of carbonyl (C=O) groups is 1. The zero-order valence-electron chi connectivity index (χ0n) is 11.5. The number of β-amino-alcohol motifs (C(OH)–C–C–N with tert-alkyl or cyclic N) is 1. The van der Waals surface area contributed by atoms with Gasteiger partial charge in [0.25, 0.3) is 0 Å². The number of rotatable bonds is 1. The summed E-state index contributed by atoms with van der Waals surface area (Å²) >= 11 is 3.51. The first kappa shape index (κ1) is 13.8. The molecular formula is C13H17BrN4O2. The van der Waals surface area contributed by atoms with E-state index in [2.05, 4.69) is 36.1 Å². The molecule has 2 aliphatic rings. The zero-order chi connectivity index (χ0) is 14.5. The molecule has 1 atom stereocenters. The van der Waals surface area contributed by atoms with Crippen molar-refractivity contribution in [3.05, 3.63) is 16.0 Å². The molecule has 2 saturated heterocycles. The fourth-order valence-electron chi connectivity index (χ4n) is 3.01. The highest BCUT2D eigenvalue weighted by atomic mass is 79.9. The fraction of sp³-hybridized carbons (Fsp3) is 0.615. The second-order valence-electron chi connectivity index (χ2n) is 5.70. The van der Waals surface area contributed by atoms with Crippen molar-refractivity contribution >= 4 is 27.7 Å². The van der Waals surface area contributed by atoms with Crippen molar-refractivity contribution in [2.24, 2.45) is 5.41 Å². The van der Waals surface area contributed by atoms with Crippen molar-refractivity contribution < 1.29 is 9.90 Å². The molecule has 3 rings (SSSR count). The first-order valence-corrected chi connectivity index (χ1v) is 7.43. The first-order chi connectivity index (χ1) is 9.41. The Morgan fingerprint density at radius 1 is 1.40 bits per heavy atom. The molecule has 2 N–H and O–H groups in total. The Morgan fingerprint density at radius 2 is 2.10 bits per heavy atom. The van der Waals surface area contributed by atoms with E-state index in [9.17, 15) is 9.90 Å². The topological polar surface area (TPSA) is 78.4 Å². The monoisotopic (exact) mass is 340 g/mol. The van der Waals surface area contributed by atoms with Gasteiger partial charge in [-0.05, 0) is 36.2 Å². The molecule has 2 fully saturated rings. The SMILES string of the molecule is Cc1nc(C)c(Br)c(N2CC3(CC(O)CNC3=O)C2)n1. The molecule has 1 spiro atoms. The molecule has 6 nitrogen and oxygen atoms in total. The van der Waals surface area contributed by atoms with Crippen LogP contribution in [0.1, 0.15) is 17.9 Å². The summed E-state index contributed by atoms with van der Waals surface area (Å²) in [6, 6.07) is 0. The highest BCUT2D eigenvalue weighted by Gasteiger charge is 2.53. The van der Waals surface area contributed by atoms with Crippen molar-refractivity contribution in [1.29, 1.82) is 0 Å². The molecule has 7 heteroatoms. The summed E-state index contributed by atoms with van der Waals surface area (Å²) in [6.07, 6.45) is 0.0721. The lowest BCUT2D eigenvalue weighted by Crippen LogP contribution is -2.68. The Hall–Kier alpha value is -1.21. The van der Waals surface area contributed by atoms with E-state index in [1.54, 1.807) is 0 Å². The minimum atomic E-state index is -0.468. The molecule has 0 aliphatic carbocycles. The van der Waals surface area contributed by atoms with Gasteiger partial charge in [-0.1, -0.05) is 0 Å². The molecule has 1 unspecified atom stereocenters. The number of aliphatic hydroxyl groups is 1. The molecule has 0 aromatic carbocycles. The maximum absolute atomic E-state index is 12.0. The highest BCUT2D eigenvalue weighted by molar-refractivity contribution is 9.10. The molecule has 3 heterocycles. The minimum Gasteiger partial charge on any atom is -0.391 e. The summed E-state index contributed by atoms with van der Waals surface area (Å²) in [5.74, 6) is 1.58. The van der Waals surface area contributed by atoms with E-state index < -0.39 is 11.5 Å². The smallest absolute Gasteiger partial charge is 0.230 e. The van der Waals surface area contributed by atoms with Crippen molar-refractivity contribution in [3.8, 4) is 0 Å². The van der Waals surface area contributed by atoms with Crippen molar-refractivity contribution in [2.75, 3.05) is 24.5 Å². The van der Waals surface area contributed by atoms with Gasteiger partial charge in [0, 0.05) is 19.6 Å². The third kappa shape index (κ3) is 2.09. The largest absolute Gasteiger partial charge is 0.391 e. The number of anilines is 1. The van der Waals surface area contributed by atoms with Gasteiger partial charge in [-0.2, -0.15) is 0 Å². The zero-order valence-corrected chi connectivity index (χ0v) is 13.1. The quantitative estimate of drug-likeness (QED) is 0.780. The second kappa shape index (κ2) is 4.66. The lowest BCUT2D eigenvalue weighted by molar-refractivity contribution is -0.139. The number of nitrogens with zero attached hydrogens (tertiary/aromatic N) is 3. The van der Waals surface area contributed by atoms with E-state index in [4.69, 9.17) is 0 Å². The molecule has 1 aromatic rings. The number of aryl methyl sites for hydroxylation is 2. The van der Waals surface area contributed by atoms with Crippen LogP contribution >= 0.6 is 15.9 Å². The Morgan fingerprint density at radius 3 is 2.80 bits per heavy atom. The van der Waals surface area contributed by atoms with Gasteiger partial charge in [0.05, 0.1) is 21.7 Å². The molecule has 0 radical (unpaired) electrons. The number of piperidine rings is 1. The van der Waals surface area contributed by atoms with Gasteiger partial charge in [0.1, 0.15) is 11.6 Å². The van der Waals surface area contributed by atoms with Crippen LogP contribution in [-0.2, 0) is 4.79 Å². The summed E-state index contributed by atoms with van der Waals surface area (Å²) in [5, 5.41) is 12.5. The number of hydrogen-bond acceptors (Lipinski definition) is 5. The Bertz CT molecular complexity index is 572. The van der Waals surface area contributed by atoms with Crippen LogP contribution in [0.15, 0.2) is 4.47 Å². The fourth-order valence-corrected chi connectivity index (χ4v) is 3.44. The third-order valence-electron chi connectivity index (χ3n) is 4.00. The standard InChI is InChI=1S/C13H17BrN4O2/c1-7-10(14)11(17-8(2)16-7)18-5-13(6-18)3-9(19)4-15-12(13)20/h9,19H,3-6H2,1-2H3,(H,15,20).